The summed E-state index contributed by atoms with van der Waals surface area (Å²) in [5.74, 6) is 0. The van der Waals surface area contributed by atoms with Crippen LogP contribution < -0.4 is 76.2 Å². The second kappa shape index (κ2) is 15.8. The monoisotopic (exact) mass is 247 g/mol. The summed E-state index contributed by atoms with van der Waals surface area (Å²) in [6.07, 6.45) is 0. The first-order chi connectivity index (χ1) is 0. The van der Waals surface area contributed by atoms with Crippen LogP contribution in [0.3, 0.4) is 0 Å². The third-order valence-electron chi connectivity index (χ3n) is 0. The van der Waals surface area contributed by atoms with E-state index in [0.717, 1.165) is 0 Å². The second-order valence-electron chi connectivity index (χ2n) is 0. The Morgan fingerprint density at radius 3 is 0.750 bits per heavy atom. The van der Waals surface area contributed by atoms with E-state index in [-0.39, 0.29) is 125 Å². The second-order valence-corrected chi connectivity index (χ2v) is 0. The zero-order valence-corrected chi connectivity index (χ0v) is 11.5. The SMILES string of the molecule is [Ba+2].[Cl-].[Cl-].[K+]. The van der Waals surface area contributed by atoms with Gasteiger partial charge in [0.15, 0.2) is 0 Å². The molecule has 0 spiro atoms. The summed E-state index contributed by atoms with van der Waals surface area (Å²) in [6.45, 7) is 0. The maximum absolute atomic E-state index is 0. The molecular formula is BaCl2K+. The first kappa shape index (κ1) is 25.0. The average molecular weight is 247 g/mol. The van der Waals surface area contributed by atoms with Gasteiger partial charge in [-0.15, -0.1) is 0 Å². The van der Waals surface area contributed by atoms with Gasteiger partial charge in [0.25, 0.3) is 0 Å². The van der Waals surface area contributed by atoms with Crippen LogP contribution in [0.5, 0.6) is 0 Å². The first-order valence-corrected chi connectivity index (χ1v) is 0. The van der Waals surface area contributed by atoms with Gasteiger partial charge < -0.3 is 24.8 Å². The van der Waals surface area contributed by atoms with E-state index in [2.05, 4.69) is 0 Å². The van der Waals surface area contributed by atoms with E-state index >= 15 is 0 Å². The minimum Gasteiger partial charge on any atom is -1.00 e. The van der Waals surface area contributed by atoms with Gasteiger partial charge in [-0.3, -0.25) is 0 Å². The number of halogens is 2. The summed E-state index contributed by atoms with van der Waals surface area (Å²) in [6, 6.07) is 0. The Labute approximate surface area is 121 Å². The van der Waals surface area contributed by atoms with Gasteiger partial charge in [-0.25, -0.2) is 0 Å². The quantitative estimate of drug-likeness (QED) is 0.373. The predicted molar refractivity (Wildman–Crippen MR) is 5.75 cm³/mol. The van der Waals surface area contributed by atoms with E-state index in [0.29, 0.717) is 0 Å². The van der Waals surface area contributed by atoms with Crippen LogP contribution >= 0.6 is 0 Å². The Morgan fingerprint density at radius 2 is 0.750 bits per heavy atom. The predicted octanol–water partition coefficient (Wildman–Crippen LogP) is -9.37. The Bertz CT molecular complexity index is 6.00. The van der Waals surface area contributed by atoms with Gasteiger partial charge in [-0.2, -0.15) is 0 Å². The van der Waals surface area contributed by atoms with Crippen LogP contribution in [0.25, 0.3) is 0 Å². The van der Waals surface area contributed by atoms with E-state index in [9.17, 15) is 0 Å². The number of hydrogen-bond acceptors (Lipinski definition) is 0. The van der Waals surface area contributed by atoms with Gasteiger partial charge in [-0.05, 0) is 0 Å². The summed E-state index contributed by atoms with van der Waals surface area (Å²) in [7, 11) is 0. The summed E-state index contributed by atoms with van der Waals surface area (Å²) in [5, 5.41) is 0. The molecule has 0 atom stereocenters. The largest absolute Gasteiger partial charge is 2.00 e. The fourth-order valence-electron chi connectivity index (χ4n) is 0. The van der Waals surface area contributed by atoms with E-state index in [1.807, 2.05) is 0 Å². The molecule has 0 aromatic heterocycles. The molecule has 0 aliphatic carbocycles. The molecule has 0 fully saturated rings. The molecule has 0 aliphatic heterocycles. The summed E-state index contributed by atoms with van der Waals surface area (Å²) in [5.41, 5.74) is 0. The minimum absolute atomic E-state index is 0. The molecular weight excluding hydrogens is 247 g/mol. The molecule has 16 valence electrons. The van der Waals surface area contributed by atoms with Crippen molar-refractivity contribution in [2.24, 2.45) is 0 Å². The molecule has 0 rings (SSSR count). The van der Waals surface area contributed by atoms with Gasteiger partial charge in [0.2, 0.25) is 0 Å². The van der Waals surface area contributed by atoms with Crippen molar-refractivity contribution in [3.8, 4) is 0 Å². The zero-order valence-electron chi connectivity index (χ0n) is 2.46. The summed E-state index contributed by atoms with van der Waals surface area (Å²) >= 11 is 0. The van der Waals surface area contributed by atoms with Crippen molar-refractivity contribution >= 4 is 48.9 Å². The Morgan fingerprint density at radius 1 is 0.750 bits per heavy atom. The molecule has 0 unspecified atom stereocenters. The zero-order chi connectivity index (χ0) is 0. The van der Waals surface area contributed by atoms with E-state index in [1.54, 1.807) is 0 Å². The molecule has 0 aliphatic rings. The summed E-state index contributed by atoms with van der Waals surface area (Å²) in [4.78, 5) is 0. The third-order valence-corrected chi connectivity index (χ3v) is 0. The molecule has 0 amide bonds. The van der Waals surface area contributed by atoms with Crippen LogP contribution in [0.4, 0.5) is 0 Å². The molecule has 0 saturated heterocycles. The Kier molecular flexibility index (Phi) is 99.1. The maximum Gasteiger partial charge on any atom is 2.00 e. The molecule has 0 N–H and O–H groups in total. The van der Waals surface area contributed by atoms with Crippen molar-refractivity contribution in [1.29, 1.82) is 0 Å². The van der Waals surface area contributed by atoms with Gasteiger partial charge in [0.1, 0.15) is 0 Å². The van der Waals surface area contributed by atoms with Gasteiger partial charge in [-0.1, -0.05) is 0 Å². The van der Waals surface area contributed by atoms with Crippen molar-refractivity contribution in [2.45, 2.75) is 0 Å². The third kappa shape index (κ3) is 9.25. The van der Waals surface area contributed by atoms with Crippen molar-refractivity contribution in [3.63, 3.8) is 0 Å². The van der Waals surface area contributed by atoms with Gasteiger partial charge in [0.05, 0.1) is 0 Å². The summed E-state index contributed by atoms with van der Waals surface area (Å²) < 4.78 is 0. The van der Waals surface area contributed by atoms with E-state index in [1.165, 1.54) is 0 Å². The number of hydrogen-bond donors (Lipinski definition) is 0. The molecule has 0 radical (unpaired) electrons. The van der Waals surface area contributed by atoms with Gasteiger partial charge in [0, 0.05) is 0 Å². The topological polar surface area (TPSA) is 0 Å². The fraction of sp³-hybridized carbons (Fsp3) is 0. The Balaban J connectivity index is 0. The van der Waals surface area contributed by atoms with Crippen LogP contribution in [0.1, 0.15) is 0 Å². The van der Waals surface area contributed by atoms with Crippen molar-refractivity contribution < 1.29 is 76.2 Å². The van der Waals surface area contributed by atoms with Gasteiger partial charge >= 0.3 is 100 Å². The van der Waals surface area contributed by atoms with Crippen molar-refractivity contribution in [1.82, 2.24) is 0 Å². The molecule has 0 aromatic rings. The molecule has 0 nitrogen and oxygen atoms in total. The first-order valence-electron chi connectivity index (χ1n) is 0. The smallest absolute Gasteiger partial charge is 1.00 e. The van der Waals surface area contributed by atoms with Crippen LogP contribution in [0.15, 0.2) is 0 Å². The molecule has 0 bridgehead atoms. The fourth-order valence-corrected chi connectivity index (χ4v) is 0. The van der Waals surface area contributed by atoms with Crippen molar-refractivity contribution in [3.05, 3.63) is 0 Å². The Hall–Kier alpha value is 3.79. The molecule has 0 aromatic carbocycles. The molecule has 4 heavy (non-hydrogen) atoms. The standard InChI is InChI=1S/Ba.2ClH.K/h;2*1H;/q+2;;;+1/p-2. The van der Waals surface area contributed by atoms with E-state index in [4.69, 9.17) is 0 Å². The maximum atomic E-state index is 0. The molecule has 4 heteroatoms. The average Bonchev–Trinajstić information content (AvgIpc) is 0. The normalized spacial score (nSPS) is 0. The van der Waals surface area contributed by atoms with Crippen molar-refractivity contribution in [2.75, 3.05) is 0 Å². The molecule has 0 saturated carbocycles. The van der Waals surface area contributed by atoms with Crippen LogP contribution in [-0.4, -0.2) is 48.9 Å². The molecule has 0 heterocycles. The van der Waals surface area contributed by atoms with E-state index < -0.39 is 0 Å². The number of rotatable bonds is 0. The van der Waals surface area contributed by atoms with Crippen LogP contribution in [0.2, 0.25) is 0 Å². The van der Waals surface area contributed by atoms with Crippen LogP contribution in [-0.2, 0) is 0 Å². The minimum atomic E-state index is 0. The van der Waals surface area contributed by atoms with Crippen LogP contribution in [0, 0.1) is 0 Å².